The third-order valence-corrected chi connectivity index (χ3v) is 4.23. The Balaban J connectivity index is 2.10. The van der Waals surface area contributed by atoms with E-state index in [9.17, 15) is 26.4 Å². The zero-order valence-electron chi connectivity index (χ0n) is 12.3. The minimum atomic E-state index is -4.66. The first kappa shape index (κ1) is 19.0. The number of benzene rings is 2. The van der Waals surface area contributed by atoms with Gasteiger partial charge in [0.15, 0.2) is 0 Å². The van der Waals surface area contributed by atoms with Gasteiger partial charge in [0.25, 0.3) is 0 Å². The van der Waals surface area contributed by atoms with E-state index in [1.54, 1.807) is 0 Å². The molecule has 2 aromatic rings. The molecule has 0 spiro atoms. The number of alkyl halides is 3. The van der Waals surface area contributed by atoms with Crippen molar-refractivity contribution in [3.63, 3.8) is 0 Å². The quantitative estimate of drug-likeness (QED) is 0.741. The molecule has 0 bridgehead atoms. The Labute approximate surface area is 145 Å². The first-order valence-corrected chi connectivity index (χ1v) is 8.47. The summed E-state index contributed by atoms with van der Waals surface area (Å²) in [5, 5.41) is 9.02. The Kier molecular flexibility index (Phi) is 5.26. The molecule has 0 unspecified atom stereocenters. The topological polar surface area (TPSA) is 101 Å². The fourth-order valence-electron chi connectivity index (χ4n) is 1.84. The summed E-state index contributed by atoms with van der Waals surface area (Å²) in [5.74, 6) is 0. The number of nitrogens with one attached hydrogen (secondary N) is 2. The van der Waals surface area contributed by atoms with Crippen LogP contribution in [0.5, 0.6) is 0 Å². The predicted molar refractivity (Wildman–Crippen MR) is 86.9 cm³/mol. The lowest BCUT2D eigenvalue weighted by molar-refractivity contribution is -0.137. The van der Waals surface area contributed by atoms with E-state index in [1.165, 1.54) is 30.3 Å². The van der Waals surface area contributed by atoms with Crippen molar-refractivity contribution in [3.8, 4) is 0 Å². The molecule has 0 atom stereocenters. The Morgan fingerprint density at radius 3 is 2.04 bits per heavy atom. The normalized spacial score (nSPS) is 11.9. The van der Waals surface area contributed by atoms with Crippen molar-refractivity contribution < 1.29 is 26.4 Å². The van der Waals surface area contributed by atoms with Crippen LogP contribution in [0.25, 0.3) is 0 Å². The number of anilines is 2. The number of rotatable bonds is 3. The summed E-state index contributed by atoms with van der Waals surface area (Å²) < 4.78 is 60.6. The van der Waals surface area contributed by atoms with E-state index < -0.39 is 32.8 Å². The monoisotopic (exact) mass is 393 g/mol. The second-order valence-electron chi connectivity index (χ2n) is 4.84. The van der Waals surface area contributed by atoms with Gasteiger partial charge in [-0.05, 0) is 42.5 Å². The van der Waals surface area contributed by atoms with Crippen molar-refractivity contribution in [2.24, 2.45) is 5.14 Å². The fraction of sp³-hybridized carbons (Fsp3) is 0.0714. The van der Waals surface area contributed by atoms with Gasteiger partial charge in [-0.1, -0.05) is 11.6 Å². The molecule has 0 aliphatic rings. The standard InChI is InChI=1S/C14H11ClF3N3O3S/c15-12-6-3-9(7-11(12)14(16,17)18)21-13(22)20-8-1-4-10(5-2-8)25(19,23)24/h1-7H,(H2,19,23,24)(H2,20,21,22). The van der Waals surface area contributed by atoms with Gasteiger partial charge in [0.2, 0.25) is 10.0 Å². The molecule has 0 aromatic heterocycles. The van der Waals surface area contributed by atoms with Gasteiger partial charge in [0.1, 0.15) is 0 Å². The Bertz CT molecular complexity index is 900. The molecule has 0 saturated carbocycles. The van der Waals surface area contributed by atoms with Gasteiger partial charge in [0.05, 0.1) is 15.5 Å². The predicted octanol–water partition coefficient (Wildman–Crippen LogP) is 3.65. The molecule has 2 amide bonds. The number of halogens is 4. The lowest BCUT2D eigenvalue weighted by Gasteiger charge is -2.12. The van der Waals surface area contributed by atoms with Crippen LogP contribution in [0.15, 0.2) is 47.4 Å². The van der Waals surface area contributed by atoms with Crippen molar-refractivity contribution in [1.29, 1.82) is 0 Å². The van der Waals surface area contributed by atoms with E-state index in [2.05, 4.69) is 10.6 Å². The Morgan fingerprint density at radius 1 is 1.00 bits per heavy atom. The summed E-state index contributed by atoms with van der Waals surface area (Å²) in [6.07, 6.45) is -4.66. The zero-order chi connectivity index (χ0) is 18.8. The molecule has 25 heavy (non-hydrogen) atoms. The maximum absolute atomic E-state index is 12.8. The van der Waals surface area contributed by atoms with Gasteiger partial charge in [-0.2, -0.15) is 13.2 Å². The third kappa shape index (κ3) is 5.08. The highest BCUT2D eigenvalue weighted by Gasteiger charge is 2.33. The average Bonchev–Trinajstić information content (AvgIpc) is 2.47. The number of hydrogen-bond acceptors (Lipinski definition) is 3. The number of nitrogens with two attached hydrogens (primary N) is 1. The summed E-state index contributed by atoms with van der Waals surface area (Å²) in [7, 11) is -3.87. The second-order valence-corrected chi connectivity index (χ2v) is 6.81. The number of sulfonamides is 1. The lowest BCUT2D eigenvalue weighted by Crippen LogP contribution is -2.20. The molecule has 0 aliphatic heterocycles. The van der Waals surface area contributed by atoms with Crippen molar-refractivity contribution >= 4 is 39.0 Å². The fourth-order valence-corrected chi connectivity index (χ4v) is 2.58. The SMILES string of the molecule is NS(=O)(=O)c1ccc(NC(=O)Nc2ccc(Cl)c(C(F)(F)F)c2)cc1. The van der Waals surface area contributed by atoms with Crippen LogP contribution >= 0.6 is 11.6 Å². The molecule has 0 radical (unpaired) electrons. The molecule has 11 heteroatoms. The first-order valence-electron chi connectivity index (χ1n) is 6.54. The summed E-state index contributed by atoms with van der Waals surface area (Å²) in [6.45, 7) is 0. The highest BCUT2D eigenvalue weighted by Crippen LogP contribution is 2.36. The minimum absolute atomic E-state index is 0.115. The molecule has 6 nitrogen and oxygen atoms in total. The minimum Gasteiger partial charge on any atom is -0.308 e. The van der Waals surface area contributed by atoms with Crippen molar-refractivity contribution in [1.82, 2.24) is 0 Å². The number of primary sulfonamides is 1. The van der Waals surface area contributed by atoms with Gasteiger partial charge in [0, 0.05) is 11.4 Å². The molecule has 2 rings (SSSR count). The Hall–Kier alpha value is -2.30. The third-order valence-electron chi connectivity index (χ3n) is 2.97. The number of carbonyl (C=O) groups is 1. The smallest absolute Gasteiger partial charge is 0.308 e. The molecule has 0 heterocycles. The van der Waals surface area contributed by atoms with Crippen LogP contribution in [0.4, 0.5) is 29.3 Å². The van der Waals surface area contributed by atoms with Crippen molar-refractivity contribution in [2.75, 3.05) is 10.6 Å². The molecule has 2 aromatic carbocycles. The van der Waals surface area contributed by atoms with Crippen LogP contribution in [0.3, 0.4) is 0 Å². The van der Waals surface area contributed by atoms with Crippen LogP contribution in [-0.2, 0) is 16.2 Å². The second kappa shape index (κ2) is 6.90. The molecule has 4 N–H and O–H groups in total. The van der Waals surface area contributed by atoms with E-state index in [4.69, 9.17) is 16.7 Å². The Morgan fingerprint density at radius 2 is 1.52 bits per heavy atom. The summed E-state index contributed by atoms with van der Waals surface area (Å²) >= 11 is 5.49. The van der Waals surface area contributed by atoms with Gasteiger partial charge >= 0.3 is 12.2 Å². The molecular weight excluding hydrogens is 383 g/mol. The largest absolute Gasteiger partial charge is 0.417 e. The van der Waals surface area contributed by atoms with Gasteiger partial charge in [-0.3, -0.25) is 0 Å². The van der Waals surface area contributed by atoms with Gasteiger partial charge in [-0.15, -0.1) is 0 Å². The van der Waals surface area contributed by atoms with E-state index in [1.807, 2.05) is 0 Å². The van der Waals surface area contributed by atoms with Crippen molar-refractivity contribution in [2.45, 2.75) is 11.1 Å². The molecule has 0 fully saturated rings. The van der Waals surface area contributed by atoms with Crippen LogP contribution in [0.2, 0.25) is 5.02 Å². The summed E-state index contributed by atoms with van der Waals surface area (Å²) in [4.78, 5) is 11.7. The van der Waals surface area contributed by atoms with E-state index in [0.717, 1.165) is 6.07 Å². The summed E-state index contributed by atoms with van der Waals surface area (Å²) in [6, 6.07) is 7.02. The lowest BCUT2D eigenvalue weighted by atomic mass is 10.2. The zero-order valence-corrected chi connectivity index (χ0v) is 13.8. The molecule has 134 valence electrons. The number of hydrogen-bond donors (Lipinski definition) is 3. The van der Waals surface area contributed by atoms with E-state index >= 15 is 0 Å². The number of amides is 2. The van der Waals surface area contributed by atoms with Gasteiger partial charge in [-0.25, -0.2) is 18.4 Å². The van der Waals surface area contributed by atoms with E-state index in [0.29, 0.717) is 6.07 Å². The molecular formula is C14H11ClF3N3O3S. The van der Waals surface area contributed by atoms with Crippen LogP contribution in [0, 0.1) is 0 Å². The molecule has 0 aliphatic carbocycles. The van der Waals surface area contributed by atoms with Crippen LogP contribution < -0.4 is 15.8 Å². The highest BCUT2D eigenvalue weighted by atomic mass is 35.5. The number of urea groups is 1. The van der Waals surface area contributed by atoms with Crippen LogP contribution in [-0.4, -0.2) is 14.4 Å². The van der Waals surface area contributed by atoms with Gasteiger partial charge < -0.3 is 10.6 Å². The summed E-state index contributed by atoms with van der Waals surface area (Å²) in [5.41, 5.74) is -0.977. The first-order chi connectivity index (χ1) is 11.5. The van der Waals surface area contributed by atoms with Crippen LogP contribution in [0.1, 0.15) is 5.56 Å². The van der Waals surface area contributed by atoms with E-state index in [-0.39, 0.29) is 16.3 Å². The number of carbonyl (C=O) groups excluding carboxylic acids is 1. The highest BCUT2D eigenvalue weighted by molar-refractivity contribution is 7.89. The maximum Gasteiger partial charge on any atom is 0.417 e. The average molecular weight is 394 g/mol. The molecule has 0 saturated heterocycles. The maximum atomic E-state index is 12.8. The van der Waals surface area contributed by atoms with Crippen molar-refractivity contribution in [3.05, 3.63) is 53.1 Å².